The Bertz CT molecular complexity index is 494. The predicted octanol–water partition coefficient (Wildman–Crippen LogP) is 2.83. The van der Waals surface area contributed by atoms with Crippen LogP contribution in [0.2, 0.25) is 0 Å². The average Bonchev–Trinajstić information content (AvgIpc) is 2.49. The minimum absolute atomic E-state index is 0. The summed E-state index contributed by atoms with van der Waals surface area (Å²) in [6, 6.07) is 6.30. The first-order chi connectivity index (χ1) is 10.1. The summed E-state index contributed by atoms with van der Waals surface area (Å²) >= 11 is 0. The summed E-state index contributed by atoms with van der Waals surface area (Å²) in [5.41, 5.74) is 8.09. The van der Waals surface area contributed by atoms with Crippen LogP contribution in [-0.2, 0) is 4.79 Å². The van der Waals surface area contributed by atoms with Gasteiger partial charge in [0.05, 0.1) is 13.0 Å². The molecule has 1 aliphatic rings. The lowest BCUT2D eigenvalue weighted by Gasteiger charge is -2.35. The van der Waals surface area contributed by atoms with E-state index in [1.54, 1.807) is 0 Å². The van der Waals surface area contributed by atoms with Gasteiger partial charge in [-0.3, -0.25) is 4.79 Å². The SMILES string of the molecule is Cc1ccc(OCCC(=O)N2CCCCC2CN)c(C)c1.Cl. The summed E-state index contributed by atoms with van der Waals surface area (Å²) < 4.78 is 5.74. The molecule has 1 aliphatic heterocycles. The van der Waals surface area contributed by atoms with Crippen molar-refractivity contribution < 1.29 is 9.53 Å². The van der Waals surface area contributed by atoms with Crippen LogP contribution in [0.1, 0.15) is 36.8 Å². The Kier molecular flexibility index (Phi) is 7.69. The van der Waals surface area contributed by atoms with Crippen molar-refractivity contribution in [3.05, 3.63) is 29.3 Å². The molecule has 1 unspecified atom stereocenters. The molecule has 0 aliphatic carbocycles. The molecule has 1 aromatic rings. The van der Waals surface area contributed by atoms with Crippen molar-refractivity contribution in [2.24, 2.45) is 5.73 Å². The van der Waals surface area contributed by atoms with Crippen LogP contribution in [0.25, 0.3) is 0 Å². The van der Waals surface area contributed by atoms with Crippen molar-refractivity contribution in [2.45, 2.75) is 45.6 Å². The van der Waals surface area contributed by atoms with Crippen molar-refractivity contribution in [2.75, 3.05) is 19.7 Å². The van der Waals surface area contributed by atoms with Crippen LogP contribution >= 0.6 is 12.4 Å². The van der Waals surface area contributed by atoms with E-state index in [2.05, 4.69) is 13.0 Å². The first-order valence-corrected chi connectivity index (χ1v) is 7.81. The molecule has 1 fully saturated rings. The zero-order valence-corrected chi connectivity index (χ0v) is 14.3. The molecule has 1 saturated heterocycles. The largest absolute Gasteiger partial charge is 0.493 e. The summed E-state index contributed by atoms with van der Waals surface area (Å²) in [6.07, 6.45) is 3.70. The second-order valence-corrected chi connectivity index (χ2v) is 5.84. The molecule has 124 valence electrons. The van der Waals surface area contributed by atoms with Gasteiger partial charge < -0.3 is 15.4 Å². The van der Waals surface area contributed by atoms with Crippen LogP contribution in [0, 0.1) is 13.8 Å². The van der Waals surface area contributed by atoms with Gasteiger partial charge in [0, 0.05) is 19.1 Å². The molecular weight excluding hydrogens is 300 g/mol. The Morgan fingerprint density at radius 2 is 2.14 bits per heavy atom. The summed E-state index contributed by atoms with van der Waals surface area (Å²) in [7, 11) is 0. The fourth-order valence-corrected chi connectivity index (χ4v) is 2.93. The molecule has 1 amide bonds. The average molecular weight is 327 g/mol. The van der Waals surface area contributed by atoms with Crippen LogP contribution in [-0.4, -0.2) is 36.5 Å². The van der Waals surface area contributed by atoms with Crippen LogP contribution < -0.4 is 10.5 Å². The van der Waals surface area contributed by atoms with E-state index in [1.165, 1.54) is 12.0 Å². The van der Waals surface area contributed by atoms with E-state index in [0.29, 0.717) is 19.6 Å². The lowest BCUT2D eigenvalue weighted by molar-refractivity contribution is -0.135. The van der Waals surface area contributed by atoms with Crippen LogP contribution in [0.15, 0.2) is 18.2 Å². The van der Waals surface area contributed by atoms with Crippen molar-refractivity contribution in [3.8, 4) is 5.75 Å². The molecule has 2 rings (SSSR count). The topological polar surface area (TPSA) is 55.6 Å². The summed E-state index contributed by atoms with van der Waals surface area (Å²) in [4.78, 5) is 14.2. The second-order valence-electron chi connectivity index (χ2n) is 5.84. The molecule has 1 aromatic carbocycles. The summed E-state index contributed by atoms with van der Waals surface area (Å²) in [6.45, 7) is 5.91. The molecule has 0 aromatic heterocycles. The maximum Gasteiger partial charge on any atom is 0.226 e. The Labute approximate surface area is 139 Å². The number of ether oxygens (including phenoxy) is 1. The molecule has 22 heavy (non-hydrogen) atoms. The van der Waals surface area contributed by atoms with Gasteiger partial charge in [0.15, 0.2) is 0 Å². The number of rotatable bonds is 5. The number of aryl methyl sites for hydroxylation is 2. The zero-order chi connectivity index (χ0) is 15.2. The monoisotopic (exact) mass is 326 g/mol. The van der Waals surface area contributed by atoms with Gasteiger partial charge in [-0.25, -0.2) is 0 Å². The van der Waals surface area contributed by atoms with Crippen molar-refractivity contribution in [1.29, 1.82) is 0 Å². The zero-order valence-electron chi connectivity index (χ0n) is 13.5. The van der Waals surface area contributed by atoms with E-state index in [4.69, 9.17) is 10.5 Å². The minimum atomic E-state index is 0. The van der Waals surface area contributed by atoms with Crippen LogP contribution in [0.3, 0.4) is 0 Å². The molecule has 0 saturated carbocycles. The second kappa shape index (κ2) is 9.01. The number of piperidine rings is 1. The Balaban J connectivity index is 0.00000242. The highest BCUT2D eigenvalue weighted by atomic mass is 35.5. The first kappa shape index (κ1) is 18.8. The van der Waals surface area contributed by atoms with Gasteiger partial charge >= 0.3 is 0 Å². The maximum atomic E-state index is 12.3. The Morgan fingerprint density at radius 1 is 1.36 bits per heavy atom. The minimum Gasteiger partial charge on any atom is -0.493 e. The lowest BCUT2D eigenvalue weighted by Crippen LogP contribution is -2.47. The number of likely N-dealkylation sites (tertiary alicyclic amines) is 1. The first-order valence-electron chi connectivity index (χ1n) is 7.81. The van der Waals surface area contributed by atoms with Crippen molar-refractivity contribution in [1.82, 2.24) is 4.90 Å². The van der Waals surface area contributed by atoms with Gasteiger partial charge in [-0.1, -0.05) is 17.7 Å². The van der Waals surface area contributed by atoms with Crippen molar-refractivity contribution in [3.63, 3.8) is 0 Å². The molecular formula is C17H27ClN2O2. The Morgan fingerprint density at radius 3 is 2.82 bits per heavy atom. The highest BCUT2D eigenvalue weighted by molar-refractivity contribution is 5.85. The number of halogens is 1. The van der Waals surface area contributed by atoms with Crippen LogP contribution in [0.5, 0.6) is 5.75 Å². The predicted molar refractivity (Wildman–Crippen MR) is 91.7 cm³/mol. The van der Waals surface area contributed by atoms with E-state index in [9.17, 15) is 4.79 Å². The van der Waals surface area contributed by atoms with E-state index in [0.717, 1.165) is 30.7 Å². The van der Waals surface area contributed by atoms with E-state index >= 15 is 0 Å². The number of hydrogen-bond acceptors (Lipinski definition) is 3. The fraction of sp³-hybridized carbons (Fsp3) is 0.588. The third-order valence-corrected chi connectivity index (χ3v) is 4.12. The van der Waals surface area contributed by atoms with E-state index in [-0.39, 0.29) is 24.4 Å². The number of amides is 1. The number of nitrogens with zero attached hydrogens (tertiary/aromatic N) is 1. The summed E-state index contributed by atoms with van der Waals surface area (Å²) in [5.74, 6) is 1.03. The van der Waals surface area contributed by atoms with Gasteiger partial charge in [-0.05, 0) is 44.7 Å². The quantitative estimate of drug-likeness (QED) is 0.905. The number of carbonyl (C=O) groups excluding carboxylic acids is 1. The summed E-state index contributed by atoms with van der Waals surface area (Å²) in [5, 5.41) is 0. The van der Waals surface area contributed by atoms with E-state index < -0.39 is 0 Å². The van der Waals surface area contributed by atoms with Crippen LogP contribution in [0.4, 0.5) is 0 Å². The number of nitrogens with two attached hydrogens (primary N) is 1. The maximum absolute atomic E-state index is 12.3. The normalized spacial score (nSPS) is 17.8. The molecule has 4 nitrogen and oxygen atoms in total. The lowest BCUT2D eigenvalue weighted by atomic mass is 10.0. The Hall–Kier alpha value is -1.26. The van der Waals surface area contributed by atoms with Gasteiger partial charge in [0.1, 0.15) is 5.75 Å². The highest BCUT2D eigenvalue weighted by Crippen LogP contribution is 2.20. The third-order valence-electron chi connectivity index (χ3n) is 4.12. The van der Waals surface area contributed by atoms with Gasteiger partial charge in [0.2, 0.25) is 5.91 Å². The highest BCUT2D eigenvalue weighted by Gasteiger charge is 2.25. The molecule has 0 spiro atoms. The molecule has 1 atom stereocenters. The van der Waals surface area contributed by atoms with E-state index in [1.807, 2.05) is 24.0 Å². The standard InChI is InChI=1S/C17H26N2O2.ClH/c1-13-6-7-16(14(2)11-13)21-10-8-17(20)19-9-4-3-5-15(19)12-18;/h6-7,11,15H,3-5,8-10,12,18H2,1-2H3;1H. The number of carbonyl (C=O) groups is 1. The molecule has 1 heterocycles. The molecule has 0 radical (unpaired) electrons. The van der Waals surface area contributed by atoms with Gasteiger partial charge in [-0.15, -0.1) is 12.4 Å². The molecule has 2 N–H and O–H groups in total. The molecule has 5 heteroatoms. The number of hydrogen-bond donors (Lipinski definition) is 1. The molecule has 0 bridgehead atoms. The fourth-order valence-electron chi connectivity index (χ4n) is 2.93. The van der Waals surface area contributed by atoms with Crippen molar-refractivity contribution >= 4 is 18.3 Å². The van der Waals surface area contributed by atoms with Gasteiger partial charge in [0.25, 0.3) is 0 Å². The number of benzene rings is 1. The smallest absolute Gasteiger partial charge is 0.226 e. The van der Waals surface area contributed by atoms with Gasteiger partial charge in [-0.2, -0.15) is 0 Å². The third kappa shape index (κ3) is 4.89.